The van der Waals surface area contributed by atoms with E-state index in [0.29, 0.717) is 18.6 Å². The number of ether oxygens (including phenoxy) is 2. The highest BCUT2D eigenvalue weighted by Crippen LogP contribution is 2.27. The number of carbonyl (C=O) groups excluding carboxylic acids is 2. The van der Waals surface area contributed by atoms with Crippen molar-refractivity contribution in [1.29, 1.82) is 0 Å². The molecule has 102 valence electrons. The summed E-state index contributed by atoms with van der Waals surface area (Å²) in [5.41, 5.74) is 0.993. The quantitative estimate of drug-likeness (QED) is 0.620. The van der Waals surface area contributed by atoms with Crippen molar-refractivity contribution in [2.75, 3.05) is 7.11 Å². The third kappa shape index (κ3) is 3.15. The second-order valence-electron chi connectivity index (χ2n) is 4.30. The van der Waals surface area contributed by atoms with Crippen LogP contribution >= 0.6 is 0 Å². The van der Waals surface area contributed by atoms with Gasteiger partial charge in [0.15, 0.2) is 11.5 Å². The van der Waals surface area contributed by atoms with Gasteiger partial charge in [-0.15, -0.1) is 0 Å². The van der Waals surface area contributed by atoms with Crippen molar-refractivity contribution in [3.63, 3.8) is 0 Å². The van der Waals surface area contributed by atoms with E-state index in [1.807, 2.05) is 0 Å². The predicted octanol–water partition coefficient (Wildman–Crippen LogP) is 1.36. The number of rotatable bonds is 5. The summed E-state index contributed by atoms with van der Waals surface area (Å²) in [6.45, 7) is 0. The maximum Gasteiger partial charge on any atom is 0.415 e. The predicted molar refractivity (Wildman–Crippen MR) is 66.0 cm³/mol. The van der Waals surface area contributed by atoms with E-state index in [2.05, 4.69) is 10.1 Å². The highest BCUT2D eigenvalue weighted by molar-refractivity contribution is 5.95. The van der Waals surface area contributed by atoms with Crippen LogP contribution in [0, 0.1) is 0 Å². The lowest BCUT2D eigenvalue weighted by atomic mass is 10.0. The molecule has 1 aliphatic heterocycles. The molecule has 2 N–H and O–H groups in total. The number of phenolic OH excluding ortho intramolecular Hbond substituents is 1. The van der Waals surface area contributed by atoms with E-state index in [0.717, 1.165) is 12.0 Å². The number of hydrogen-bond donors (Lipinski definition) is 2. The Kier molecular flexibility index (Phi) is 3.89. The Morgan fingerprint density at radius 1 is 1.42 bits per heavy atom. The number of nitrogens with one attached hydrogen (secondary N) is 1. The van der Waals surface area contributed by atoms with Gasteiger partial charge < -0.3 is 19.9 Å². The van der Waals surface area contributed by atoms with Gasteiger partial charge in [0.05, 0.1) is 7.11 Å². The third-order valence-corrected chi connectivity index (χ3v) is 2.97. The lowest BCUT2D eigenvalue weighted by Crippen LogP contribution is -2.28. The minimum atomic E-state index is -0.679. The van der Waals surface area contributed by atoms with E-state index < -0.39 is 18.1 Å². The van der Waals surface area contributed by atoms with Crippen molar-refractivity contribution in [3.05, 3.63) is 23.8 Å². The average Bonchev–Trinajstić information content (AvgIpc) is 2.70. The van der Waals surface area contributed by atoms with Gasteiger partial charge in [-0.1, -0.05) is 6.07 Å². The maximum absolute atomic E-state index is 11.2. The summed E-state index contributed by atoms with van der Waals surface area (Å²) in [6, 6.07) is 4.57. The largest absolute Gasteiger partial charge is 0.504 e. The zero-order valence-corrected chi connectivity index (χ0v) is 10.5. The molecule has 1 aromatic carbocycles. The molecule has 2 rings (SSSR count). The van der Waals surface area contributed by atoms with Crippen molar-refractivity contribution in [3.8, 4) is 11.5 Å². The van der Waals surface area contributed by atoms with Crippen LogP contribution in [-0.2, 0) is 16.0 Å². The first-order valence-electron chi connectivity index (χ1n) is 5.98. The van der Waals surface area contributed by atoms with Gasteiger partial charge in [-0.2, -0.15) is 0 Å². The molecule has 1 heterocycles. The standard InChI is InChI=1S/C13H15NO5/c1-18-11-7-8(5-6-10(11)15)3-2-4-9-12(16)19-13(17)14-9/h5-7,9,15H,2-4H2,1H3,(H,14,17). The Labute approximate surface area is 110 Å². The van der Waals surface area contributed by atoms with E-state index in [4.69, 9.17) is 4.74 Å². The van der Waals surface area contributed by atoms with Crippen LogP contribution in [0.2, 0.25) is 0 Å². The molecule has 0 radical (unpaired) electrons. The van der Waals surface area contributed by atoms with Crippen molar-refractivity contribution in [1.82, 2.24) is 5.32 Å². The van der Waals surface area contributed by atoms with Gasteiger partial charge in [0.2, 0.25) is 0 Å². The molecule has 0 aromatic heterocycles. The molecule has 1 atom stereocenters. The molecule has 6 nitrogen and oxygen atoms in total. The van der Waals surface area contributed by atoms with Crippen LogP contribution in [-0.4, -0.2) is 30.3 Å². The summed E-state index contributed by atoms with van der Waals surface area (Å²) >= 11 is 0. The summed E-state index contributed by atoms with van der Waals surface area (Å²) in [5, 5.41) is 11.9. The highest BCUT2D eigenvalue weighted by Gasteiger charge is 2.31. The van der Waals surface area contributed by atoms with Crippen LogP contribution in [0.25, 0.3) is 0 Å². The molecule has 0 saturated carbocycles. The van der Waals surface area contributed by atoms with E-state index in [1.54, 1.807) is 18.2 Å². The monoisotopic (exact) mass is 265 g/mol. The number of aryl methyl sites for hydroxylation is 1. The molecule has 1 aliphatic rings. The number of hydrogen-bond acceptors (Lipinski definition) is 5. The number of esters is 1. The molecule has 1 fully saturated rings. The molecule has 1 unspecified atom stereocenters. The average molecular weight is 265 g/mol. The second kappa shape index (κ2) is 5.60. The molecular formula is C13H15NO5. The number of amides is 1. The van der Waals surface area contributed by atoms with Crippen LogP contribution < -0.4 is 10.1 Å². The number of aromatic hydroxyl groups is 1. The maximum atomic E-state index is 11.2. The summed E-state index contributed by atoms with van der Waals surface area (Å²) < 4.78 is 9.40. The number of cyclic esters (lactones) is 2. The first-order chi connectivity index (χ1) is 9.10. The Balaban J connectivity index is 1.86. The Morgan fingerprint density at radius 2 is 2.21 bits per heavy atom. The van der Waals surface area contributed by atoms with E-state index in [1.165, 1.54) is 7.11 Å². The molecule has 19 heavy (non-hydrogen) atoms. The van der Waals surface area contributed by atoms with Crippen LogP contribution in [0.4, 0.5) is 4.79 Å². The number of methoxy groups -OCH3 is 1. The first-order valence-corrected chi connectivity index (χ1v) is 5.98. The topological polar surface area (TPSA) is 84.9 Å². The van der Waals surface area contributed by atoms with Crippen LogP contribution in [0.5, 0.6) is 11.5 Å². The molecular weight excluding hydrogens is 250 g/mol. The van der Waals surface area contributed by atoms with Crippen LogP contribution in [0.1, 0.15) is 18.4 Å². The highest BCUT2D eigenvalue weighted by atomic mass is 16.6. The zero-order valence-electron chi connectivity index (χ0n) is 10.5. The smallest absolute Gasteiger partial charge is 0.415 e. The number of alkyl carbamates (subject to hydrolysis) is 1. The normalized spacial score (nSPS) is 18.1. The van der Waals surface area contributed by atoms with Gasteiger partial charge in [0, 0.05) is 0 Å². The molecule has 1 amide bonds. The van der Waals surface area contributed by atoms with Crippen molar-refractivity contribution < 1.29 is 24.2 Å². The van der Waals surface area contributed by atoms with Crippen LogP contribution in [0.3, 0.4) is 0 Å². The minimum absolute atomic E-state index is 0.0953. The fourth-order valence-electron chi connectivity index (χ4n) is 1.97. The van der Waals surface area contributed by atoms with E-state index >= 15 is 0 Å². The van der Waals surface area contributed by atoms with Gasteiger partial charge in [0.1, 0.15) is 6.04 Å². The molecule has 0 bridgehead atoms. The third-order valence-electron chi connectivity index (χ3n) is 2.97. The van der Waals surface area contributed by atoms with Gasteiger partial charge in [-0.3, -0.25) is 0 Å². The molecule has 1 aromatic rings. The van der Waals surface area contributed by atoms with E-state index in [9.17, 15) is 14.7 Å². The van der Waals surface area contributed by atoms with Crippen molar-refractivity contribution >= 4 is 12.1 Å². The fourth-order valence-corrected chi connectivity index (χ4v) is 1.97. The van der Waals surface area contributed by atoms with Gasteiger partial charge >= 0.3 is 12.1 Å². The lowest BCUT2D eigenvalue weighted by Gasteiger charge is -2.08. The molecule has 1 saturated heterocycles. The number of carbonyl (C=O) groups is 2. The van der Waals surface area contributed by atoms with Gasteiger partial charge in [-0.25, -0.2) is 9.59 Å². The Hall–Kier alpha value is -2.24. The zero-order chi connectivity index (χ0) is 13.8. The number of benzene rings is 1. The first kappa shape index (κ1) is 13.2. The minimum Gasteiger partial charge on any atom is -0.504 e. The summed E-state index contributed by atoms with van der Waals surface area (Å²) in [5.74, 6) is -0.00255. The fraction of sp³-hybridized carbons (Fsp3) is 0.385. The summed E-state index contributed by atoms with van der Waals surface area (Å²) in [4.78, 5) is 22.0. The summed E-state index contributed by atoms with van der Waals surface area (Å²) in [6.07, 6.45) is 1.28. The Bertz CT molecular complexity index is 500. The lowest BCUT2D eigenvalue weighted by molar-refractivity contribution is -0.135. The number of phenols is 1. The van der Waals surface area contributed by atoms with Gasteiger partial charge in [0.25, 0.3) is 0 Å². The van der Waals surface area contributed by atoms with Crippen LogP contribution in [0.15, 0.2) is 18.2 Å². The SMILES string of the molecule is COc1cc(CCCC2NC(=O)OC2=O)ccc1O. The van der Waals surface area contributed by atoms with E-state index in [-0.39, 0.29) is 5.75 Å². The van der Waals surface area contributed by atoms with Crippen molar-refractivity contribution in [2.45, 2.75) is 25.3 Å². The molecule has 6 heteroatoms. The summed E-state index contributed by atoms with van der Waals surface area (Å²) in [7, 11) is 1.49. The van der Waals surface area contributed by atoms with Crippen molar-refractivity contribution in [2.24, 2.45) is 0 Å². The Morgan fingerprint density at radius 3 is 2.84 bits per heavy atom. The molecule has 0 aliphatic carbocycles. The second-order valence-corrected chi connectivity index (χ2v) is 4.30. The molecule has 0 spiro atoms. The van der Waals surface area contributed by atoms with Gasteiger partial charge in [-0.05, 0) is 37.0 Å².